The summed E-state index contributed by atoms with van der Waals surface area (Å²) in [7, 11) is 3.17. The average Bonchev–Trinajstić information content (AvgIpc) is 3.41. The summed E-state index contributed by atoms with van der Waals surface area (Å²) in [4.78, 5) is 17.8. The largest absolute Gasteiger partial charge is 0.497 e. The summed E-state index contributed by atoms with van der Waals surface area (Å²) in [6, 6.07) is 22.2. The maximum atomic E-state index is 13.1. The molecule has 1 aliphatic heterocycles. The summed E-state index contributed by atoms with van der Waals surface area (Å²) in [6.07, 6.45) is 1.01. The molecule has 0 bridgehead atoms. The number of ether oxygens (including phenoxy) is 3. The third kappa shape index (κ3) is 3.64. The Morgan fingerprint density at radius 1 is 0.971 bits per heavy atom. The van der Waals surface area contributed by atoms with Gasteiger partial charge in [-0.3, -0.25) is 4.90 Å². The minimum absolute atomic E-state index is 0.274. The van der Waals surface area contributed by atoms with E-state index in [-0.39, 0.29) is 6.54 Å². The third-order valence-electron chi connectivity index (χ3n) is 6.43. The van der Waals surface area contributed by atoms with Crippen molar-refractivity contribution in [3.63, 3.8) is 0 Å². The number of aromatic nitrogens is 1. The van der Waals surface area contributed by atoms with Gasteiger partial charge in [0.25, 0.3) is 0 Å². The highest BCUT2D eigenvalue weighted by atomic mass is 16.6. The highest BCUT2D eigenvalue weighted by Crippen LogP contribution is 2.47. The smallest absolute Gasteiger partial charge is 0.413 e. The Hall–Kier alpha value is -3.97. The third-order valence-corrected chi connectivity index (χ3v) is 6.43. The number of fused-ring (bicyclic) bond motifs is 1. The zero-order chi connectivity index (χ0) is 23.7. The van der Waals surface area contributed by atoms with E-state index in [0.29, 0.717) is 29.0 Å². The number of aromatic amines is 1. The molecular formula is C27H26N2O5. The number of hydrogen-bond donors (Lipinski definition) is 2. The van der Waals surface area contributed by atoms with Crippen molar-refractivity contribution in [3.8, 4) is 11.5 Å². The molecule has 1 aliphatic rings. The molecule has 34 heavy (non-hydrogen) atoms. The van der Waals surface area contributed by atoms with Crippen LogP contribution in [0.2, 0.25) is 0 Å². The van der Waals surface area contributed by atoms with E-state index < -0.39 is 17.9 Å². The second kappa shape index (κ2) is 8.76. The number of H-pyrrole nitrogens is 1. The molecule has 1 amide bonds. The van der Waals surface area contributed by atoms with E-state index in [4.69, 9.17) is 14.2 Å². The first-order valence-corrected chi connectivity index (χ1v) is 11.1. The highest BCUT2D eigenvalue weighted by molar-refractivity contribution is 5.83. The summed E-state index contributed by atoms with van der Waals surface area (Å²) in [5, 5.41) is 13.2. The first kappa shape index (κ1) is 21.9. The quantitative estimate of drug-likeness (QED) is 0.417. The molecule has 2 atom stereocenters. The molecule has 2 N–H and O–H groups in total. The lowest BCUT2D eigenvalue weighted by Crippen LogP contribution is -2.46. The van der Waals surface area contributed by atoms with Crippen molar-refractivity contribution in [2.45, 2.75) is 18.2 Å². The molecule has 1 aromatic heterocycles. The van der Waals surface area contributed by atoms with E-state index in [1.165, 1.54) is 4.90 Å². The fraction of sp³-hybridized carbons (Fsp3) is 0.222. The zero-order valence-electron chi connectivity index (χ0n) is 19.0. The van der Waals surface area contributed by atoms with Crippen LogP contribution in [0.25, 0.3) is 10.9 Å². The predicted octanol–water partition coefficient (Wildman–Crippen LogP) is 4.77. The number of rotatable bonds is 7. The van der Waals surface area contributed by atoms with Crippen LogP contribution in [0, 0.1) is 0 Å². The Bertz CT molecular complexity index is 1300. The number of carbonyl (C=O) groups is 1. The molecular weight excluding hydrogens is 432 g/mol. The van der Waals surface area contributed by atoms with Crippen LogP contribution in [0.5, 0.6) is 11.5 Å². The van der Waals surface area contributed by atoms with Crippen LogP contribution in [-0.4, -0.2) is 41.8 Å². The van der Waals surface area contributed by atoms with Crippen molar-refractivity contribution < 1.29 is 24.1 Å². The van der Waals surface area contributed by atoms with Gasteiger partial charge < -0.3 is 24.3 Å². The number of nitrogens with one attached hydrogen (secondary N) is 1. The van der Waals surface area contributed by atoms with Crippen molar-refractivity contribution in [1.29, 1.82) is 0 Å². The molecule has 0 spiro atoms. The second-order valence-corrected chi connectivity index (χ2v) is 8.25. The van der Waals surface area contributed by atoms with Crippen LogP contribution in [-0.2, 0) is 16.9 Å². The monoisotopic (exact) mass is 458 g/mol. The van der Waals surface area contributed by atoms with Gasteiger partial charge in [-0.15, -0.1) is 0 Å². The minimum atomic E-state index is -1.70. The van der Waals surface area contributed by atoms with Crippen molar-refractivity contribution in [1.82, 2.24) is 9.88 Å². The lowest BCUT2D eigenvalue weighted by molar-refractivity contribution is -0.109. The van der Waals surface area contributed by atoms with E-state index in [0.717, 1.165) is 16.5 Å². The lowest BCUT2D eigenvalue weighted by Gasteiger charge is -2.35. The van der Waals surface area contributed by atoms with Gasteiger partial charge in [-0.2, -0.15) is 0 Å². The van der Waals surface area contributed by atoms with E-state index >= 15 is 0 Å². The number of cyclic esters (lactones) is 1. The minimum Gasteiger partial charge on any atom is -0.497 e. The Kier molecular flexibility index (Phi) is 5.63. The molecule has 3 aromatic carbocycles. The number of hydrogen-bond acceptors (Lipinski definition) is 5. The van der Waals surface area contributed by atoms with Gasteiger partial charge in [-0.05, 0) is 47.9 Å². The first-order chi connectivity index (χ1) is 16.5. The van der Waals surface area contributed by atoms with E-state index in [1.54, 1.807) is 62.8 Å². The molecule has 0 saturated carbocycles. The predicted molar refractivity (Wildman–Crippen MR) is 128 cm³/mol. The first-order valence-electron chi connectivity index (χ1n) is 11.1. The normalized spacial score (nSPS) is 19.9. The fourth-order valence-electron chi connectivity index (χ4n) is 4.58. The zero-order valence-corrected chi connectivity index (χ0v) is 19.0. The SMILES string of the molecule is COc1ccc([C@@H]2OC(=O)N(CCc3c[nH]c4ccccc34)[C@]2(O)c2ccc(OC)cc2)cc1. The number of aliphatic hydroxyl groups is 1. The molecule has 7 heteroatoms. The van der Waals surface area contributed by atoms with Crippen LogP contribution in [0.4, 0.5) is 4.79 Å². The van der Waals surface area contributed by atoms with Gasteiger partial charge in [0.05, 0.1) is 14.2 Å². The molecule has 2 heterocycles. The average molecular weight is 459 g/mol. The standard InChI is InChI=1S/C27H26N2O5/c1-32-21-11-7-18(8-12-21)25-27(31,20-9-13-22(33-2)14-10-20)29(26(30)34-25)16-15-19-17-28-24-6-4-3-5-23(19)24/h3-14,17,25,28,31H,15-16H2,1-2H3/t25-,27-/m0/s1. The summed E-state index contributed by atoms with van der Waals surface area (Å²) in [5.74, 6) is 1.33. The summed E-state index contributed by atoms with van der Waals surface area (Å²) in [6.45, 7) is 0.274. The van der Waals surface area contributed by atoms with Gasteiger partial charge >= 0.3 is 6.09 Å². The molecule has 0 aliphatic carbocycles. The Balaban J connectivity index is 1.52. The van der Waals surface area contributed by atoms with Gasteiger partial charge in [0.15, 0.2) is 6.10 Å². The lowest BCUT2D eigenvalue weighted by atomic mass is 9.91. The van der Waals surface area contributed by atoms with Crippen molar-refractivity contribution in [3.05, 3.63) is 95.7 Å². The number of carbonyl (C=O) groups excluding carboxylic acids is 1. The molecule has 4 aromatic rings. The molecule has 1 fully saturated rings. The Morgan fingerprint density at radius 2 is 1.62 bits per heavy atom. The topological polar surface area (TPSA) is 84.0 Å². The summed E-state index contributed by atoms with van der Waals surface area (Å²) >= 11 is 0. The Labute approximate surface area is 197 Å². The summed E-state index contributed by atoms with van der Waals surface area (Å²) in [5.41, 5.74) is 1.60. The molecule has 0 unspecified atom stereocenters. The number of methoxy groups -OCH3 is 2. The molecule has 5 rings (SSSR count). The molecule has 1 saturated heterocycles. The van der Waals surface area contributed by atoms with Gasteiger partial charge in [-0.1, -0.05) is 42.5 Å². The van der Waals surface area contributed by atoms with Crippen molar-refractivity contribution >= 4 is 17.0 Å². The van der Waals surface area contributed by atoms with Crippen molar-refractivity contribution in [2.24, 2.45) is 0 Å². The van der Waals surface area contributed by atoms with Gasteiger partial charge in [0.2, 0.25) is 5.72 Å². The van der Waals surface area contributed by atoms with Crippen LogP contribution >= 0.6 is 0 Å². The van der Waals surface area contributed by atoms with Crippen LogP contribution in [0.3, 0.4) is 0 Å². The van der Waals surface area contributed by atoms with Gasteiger partial charge in [0.1, 0.15) is 11.5 Å². The molecule has 0 radical (unpaired) electrons. The number of amides is 1. The van der Waals surface area contributed by atoms with Crippen molar-refractivity contribution in [2.75, 3.05) is 20.8 Å². The number of para-hydroxylation sites is 1. The number of nitrogens with zero attached hydrogens (tertiary/aromatic N) is 1. The van der Waals surface area contributed by atoms with Gasteiger partial charge in [-0.25, -0.2) is 4.79 Å². The van der Waals surface area contributed by atoms with Crippen LogP contribution in [0.1, 0.15) is 22.8 Å². The highest BCUT2D eigenvalue weighted by Gasteiger charge is 2.55. The van der Waals surface area contributed by atoms with E-state index in [9.17, 15) is 9.90 Å². The van der Waals surface area contributed by atoms with E-state index in [2.05, 4.69) is 4.98 Å². The maximum Gasteiger partial charge on any atom is 0.413 e. The Morgan fingerprint density at radius 3 is 2.29 bits per heavy atom. The van der Waals surface area contributed by atoms with Gasteiger partial charge in [0, 0.05) is 29.2 Å². The van der Waals surface area contributed by atoms with E-state index in [1.807, 2.05) is 30.5 Å². The van der Waals surface area contributed by atoms with Crippen LogP contribution in [0.15, 0.2) is 79.0 Å². The summed E-state index contributed by atoms with van der Waals surface area (Å²) < 4.78 is 16.3. The molecule has 174 valence electrons. The fourth-order valence-corrected chi connectivity index (χ4v) is 4.58. The van der Waals surface area contributed by atoms with Crippen LogP contribution < -0.4 is 9.47 Å². The second-order valence-electron chi connectivity index (χ2n) is 8.25. The molecule has 7 nitrogen and oxygen atoms in total. The maximum absolute atomic E-state index is 13.1. The number of benzene rings is 3.